The van der Waals surface area contributed by atoms with Crippen LogP contribution >= 0.6 is 0 Å². The molecule has 0 aliphatic carbocycles. The number of rotatable bonds is 6. The molecule has 0 radical (unpaired) electrons. The summed E-state index contributed by atoms with van der Waals surface area (Å²) in [5.74, 6) is 0.367. The monoisotopic (exact) mass is 386 g/mol. The second-order valence-electron chi connectivity index (χ2n) is 6.62. The van der Waals surface area contributed by atoms with Gasteiger partial charge in [0.25, 0.3) is 0 Å². The van der Waals surface area contributed by atoms with Crippen LogP contribution in [-0.2, 0) is 31.2 Å². The van der Waals surface area contributed by atoms with Crippen LogP contribution in [0.25, 0.3) is 0 Å². The second kappa shape index (κ2) is 8.77. The first kappa shape index (κ1) is 19.7. The summed E-state index contributed by atoms with van der Waals surface area (Å²) >= 11 is 0. The quantitative estimate of drug-likeness (QED) is 0.767. The van der Waals surface area contributed by atoms with Crippen molar-refractivity contribution in [3.63, 3.8) is 0 Å². The lowest BCUT2D eigenvalue weighted by molar-refractivity contribution is 0.0516. The Balaban J connectivity index is 1.58. The number of aryl methyl sites for hydroxylation is 1. The summed E-state index contributed by atoms with van der Waals surface area (Å²) in [5.41, 5.74) is 3.18. The predicted octanol–water partition coefficient (Wildman–Crippen LogP) is 1.92. The molecule has 0 bridgehead atoms. The van der Waals surface area contributed by atoms with Gasteiger partial charge in [0.15, 0.2) is 5.69 Å². The van der Waals surface area contributed by atoms with Gasteiger partial charge in [-0.05, 0) is 31.0 Å². The Morgan fingerprint density at radius 2 is 2.00 bits per heavy atom. The van der Waals surface area contributed by atoms with Gasteiger partial charge in [0, 0.05) is 37.8 Å². The number of esters is 1. The van der Waals surface area contributed by atoms with Crippen LogP contribution in [-0.4, -0.2) is 53.5 Å². The Bertz CT molecular complexity index is 845. The summed E-state index contributed by atoms with van der Waals surface area (Å²) in [6, 6.07) is 7.64. The molecule has 0 fully saturated rings. The minimum absolute atomic E-state index is 0.141. The van der Waals surface area contributed by atoms with Gasteiger partial charge in [-0.3, -0.25) is 4.68 Å². The van der Waals surface area contributed by atoms with Crippen LogP contribution in [0.4, 0.5) is 4.79 Å². The molecule has 0 saturated heterocycles. The normalized spacial score (nSPS) is 13.0. The number of urea groups is 1. The number of hydrogen-bond donors (Lipinski definition) is 1. The topological polar surface area (TPSA) is 85.7 Å². The van der Waals surface area contributed by atoms with E-state index in [2.05, 4.69) is 10.4 Å². The van der Waals surface area contributed by atoms with Crippen molar-refractivity contribution < 1.29 is 19.1 Å². The Morgan fingerprint density at radius 1 is 1.25 bits per heavy atom. The molecule has 1 aliphatic heterocycles. The highest BCUT2D eigenvalue weighted by Crippen LogP contribution is 2.23. The number of amides is 2. The smallest absolute Gasteiger partial charge is 0.359 e. The molecule has 1 aliphatic rings. The van der Waals surface area contributed by atoms with Crippen molar-refractivity contribution in [2.45, 2.75) is 26.3 Å². The highest BCUT2D eigenvalue weighted by Gasteiger charge is 2.29. The van der Waals surface area contributed by atoms with Crippen LogP contribution in [0.15, 0.2) is 24.3 Å². The Labute approximate surface area is 164 Å². The van der Waals surface area contributed by atoms with Gasteiger partial charge >= 0.3 is 12.0 Å². The maximum absolute atomic E-state index is 12.6. The molecular weight excluding hydrogens is 360 g/mol. The summed E-state index contributed by atoms with van der Waals surface area (Å²) in [7, 11) is 3.45. The van der Waals surface area contributed by atoms with Gasteiger partial charge in [0.2, 0.25) is 0 Å². The first-order valence-corrected chi connectivity index (χ1v) is 9.41. The van der Waals surface area contributed by atoms with E-state index >= 15 is 0 Å². The molecule has 8 nitrogen and oxygen atoms in total. The van der Waals surface area contributed by atoms with Crippen LogP contribution in [0.1, 0.15) is 34.2 Å². The molecule has 0 spiro atoms. The molecule has 3 rings (SSSR count). The van der Waals surface area contributed by atoms with Gasteiger partial charge in [-0.15, -0.1) is 0 Å². The molecule has 8 heteroatoms. The van der Waals surface area contributed by atoms with E-state index in [0.717, 1.165) is 29.0 Å². The number of fused-ring (bicyclic) bond motifs is 1. The average molecular weight is 386 g/mol. The van der Waals surface area contributed by atoms with Gasteiger partial charge in [0.1, 0.15) is 5.75 Å². The summed E-state index contributed by atoms with van der Waals surface area (Å²) in [4.78, 5) is 26.4. The van der Waals surface area contributed by atoms with Gasteiger partial charge in [0.05, 0.1) is 20.3 Å². The minimum Gasteiger partial charge on any atom is -0.497 e. The predicted molar refractivity (Wildman–Crippen MR) is 103 cm³/mol. The van der Waals surface area contributed by atoms with Crippen molar-refractivity contribution in [1.29, 1.82) is 0 Å². The first-order chi connectivity index (χ1) is 13.5. The van der Waals surface area contributed by atoms with E-state index in [1.165, 1.54) is 0 Å². The van der Waals surface area contributed by atoms with Gasteiger partial charge in [-0.1, -0.05) is 12.1 Å². The highest BCUT2D eigenvalue weighted by atomic mass is 16.5. The zero-order valence-corrected chi connectivity index (χ0v) is 16.5. The summed E-state index contributed by atoms with van der Waals surface area (Å²) < 4.78 is 11.9. The zero-order valence-electron chi connectivity index (χ0n) is 16.5. The number of methoxy groups -OCH3 is 1. The van der Waals surface area contributed by atoms with Crippen molar-refractivity contribution in [3.05, 3.63) is 46.8 Å². The maximum atomic E-state index is 12.6. The molecule has 0 atom stereocenters. The number of aromatic nitrogens is 2. The molecule has 1 N–H and O–H groups in total. The van der Waals surface area contributed by atoms with Crippen LogP contribution in [0.5, 0.6) is 5.75 Å². The SMILES string of the molecule is CCOC(=O)c1nn(C)c2c1CN(C(=O)NCCc1ccc(OC)cc1)CC2. The minimum atomic E-state index is -0.443. The van der Waals surface area contributed by atoms with E-state index in [-0.39, 0.29) is 6.03 Å². The molecule has 2 heterocycles. The highest BCUT2D eigenvalue weighted by molar-refractivity contribution is 5.89. The van der Waals surface area contributed by atoms with Crippen LogP contribution < -0.4 is 10.1 Å². The maximum Gasteiger partial charge on any atom is 0.359 e. The van der Waals surface area contributed by atoms with E-state index in [1.807, 2.05) is 31.3 Å². The molecule has 0 unspecified atom stereocenters. The Hall–Kier alpha value is -3.03. The van der Waals surface area contributed by atoms with Crippen molar-refractivity contribution in [1.82, 2.24) is 20.0 Å². The lowest BCUT2D eigenvalue weighted by Gasteiger charge is -2.27. The number of carbonyl (C=O) groups excluding carboxylic acids is 2. The van der Waals surface area contributed by atoms with Crippen molar-refractivity contribution in [2.24, 2.45) is 7.05 Å². The number of carbonyl (C=O) groups is 2. The van der Waals surface area contributed by atoms with Crippen molar-refractivity contribution in [3.8, 4) is 5.75 Å². The van der Waals surface area contributed by atoms with Crippen LogP contribution in [0.3, 0.4) is 0 Å². The van der Waals surface area contributed by atoms with Crippen molar-refractivity contribution in [2.75, 3.05) is 26.8 Å². The number of hydrogen-bond acceptors (Lipinski definition) is 5. The molecule has 2 aromatic rings. The van der Waals surface area contributed by atoms with Gasteiger partial charge in [-0.2, -0.15) is 5.10 Å². The number of ether oxygens (including phenoxy) is 2. The Kier molecular flexibility index (Phi) is 6.18. The Morgan fingerprint density at radius 3 is 2.68 bits per heavy atom. The molecular formula is C20H26N4O4. The third-order valence-corrected chi connectivity index (χ3v) is 4.85. The third kappa shape index (κ3) is 4.27. The second-order valence-corrected chi connectivity index (χ2v) is 6.62. The van der Waals surface area contributed by atoms with E-state index in [1.54, 1.807) is 23.6 Å². The number of nitrogens with one attached hydrogen (secondary N) is 1. The summed E-state index contributed by atoms with van der Waals surface area (Å²) in [5, 5.41) is 7.25. The van der Waals surface area contributed by atoms with Gasteiger partial charge < -0.3 is 19.7 Å². The molecule has 1 aromatic heterocycles. The zero-order chi connectivity index (χ0) is 20.1. The average Bonchev–Trinajstić information content (AvgIpc) is 3.05. The number of benzene rings is 1. The van der Waals surface area contributed by atoms with E-state index in [4.69, 9.17) is 9.47 Å². The lowest BCUT2D eigenvalue weighted by Crippen LogP contribution is -2.43. The standard InChI is InChI=1S/C20H26N4O4/c1-4-28-19(25)18-16-13-24(12-10-17(16)23(2)22-18)20(26)21-11-9-14-5-7-15(27-3)8-6-14/h5-8H,4,9-13H2,1-3H3,(H,21,26). The molecule has 150 valence electrons. The fourth-order valence-corrected chi connectivity index (χ4v) is 3.35. The third-order valence-electron chi connectivity index (χ3n) is 4.85. The lowest BCUT2D eigenvalue weighted by atomic mass is 10.1. The molecule has 1 aromatic carbocycles. The molecule has 28 heavy (non-hydrogen) atoms. The fraction of sp³-hybridized carbons (Fsp3) is 0.450. The molecule has 2 amide bonds. The first-order valence-electron chi connectivity index (χ1n) is 9.41. The van der Waals surface area contributed by atoms with E-state index in [9.17, 15) is 9.59 Å². The summed E-state index contributed by atoms with van der Waals surface area (Å²) in [6.45, 7) is 3.52. The van der Waals surface area contributed by atoms with Crippen LogP contribution in [0.2, 0.25) is 0 Å². The van der Waals surface area contributed by atoms with E-state index < -0.39 is 5.97 Å². The summed E-state index contributed by atoms with van der Waals surface area (Å²) in [6.07, 6.45) is 1.39. The van der Waals surface area contributed by atoms with Gasteiger partial charge in [-0.25, -0.2) is 9.59 Å². The van der Waals surface area contributed by atoms with Crippen LogP contribution in [0, 0.1) is 0 Å². The number of nitrogens with zero attached hydrogens (tertiary/aromatic N) is 3. The fourth-order valence-electron chi connectivity index (χ4n) is 3.35. The van der Waals surface area contributed by atoms with Crippen molar-refractivity contribution >= 4 is 12.0 Å². The molecule has 0 saturated carbocycles. The van der Waals surface area contributed by atoms with E-state index in [0.29, 0.717) is 38.4 Å². The largest absolute Gasteiger partial charge is 0.497 e.